The molecule has 2 bridgehead atoms. The van der Waals surface area contributed by atoms with E-state index in [1.807, 2.05) is 7.05 Å². The Balaban J connectivity index is 1.75. The molecule has 1 heterocycles. The zero-order valence-electron chi connectivity index (χ0n) is 11.4. The van der Waals surface area contributed by atoms with E-state index in [0.29, 0.717) is 12.0 Å². The van der Waals surface area contributed by atoms with E-state index in [1.54, 1.807) is 0 Å². The Kier molecular flexibility index (Phi) is 3.10. The second-order valence-electron chi connectivity index (χ2n) is 6.25. The van der Waals surface area contributed by atoms with Gasteiger partial charge in [-0.2, -0.15) is 0 Å². The molecule has 0 radical (unpaired) electrons. The summed E-state index contributed by atoms with van der Waals surface area (Å²) in [6.45, 7) is 2.01. The van der Waals surface area contributed by atoms with Gasteiger partial charge in [0, 0.05) is 19.1 Å². The molecule has 0 amide bonds. The first kappa shape index (κ1) is 12.4. The summed E-state index contributed by atoms with van der Waals surface area (Å²) < 4.78 is 5.07. The lowest BCUT2D eigenvalue weighted by Gasteiger charge is -2.38. The molecule has 3 unspecified atom stereocenters. The van der Waals surface area contributed by atoms with Crippen molar-refractivity contribution in [3.63, 3.8) is 0 Å². The number of hydrogen-bond donors (Lipinski definition) is 1. The van der Waals surface area contributed by atoms with Crippen LogP contribution in [0.1, 0.15) is 32.1 Å². The van der Waals surface area contributed by atoms with Gasteiger partial charge in [0.15, 0.2) is 0 Å². The van der Waals surface area contributed by atoms with E-state index in [1.165, 1.54) is 32.9 Å². The van der Waals surface area contributed by atoms with Crippen molar-refractivity contribution in [1.29, 1.82) is 0 Å². The number of fused-ring (bicyclic) bond motifs is 2. The molecule has 3 aliphatic rings. The molecule has 1 saturated heterocycles. The minimum atomic E-state index is -0.459. The van der Waals surface area contributed by atoms with Crippen molar-refractivity contribution < 1.29 is 9.53 Å². The van der Waals surface area contributed by atoms with Gasteiger partial charge in [-0.3, -0.25) is 4.90 Å². The number of ether oxygens (including phenoxy) is 1. The van der Waals surface area contributed by atoms with Gasteiger partial charge in [0.25, 0.3) is 0 Å². The van der Waals surface area contributed by atoms with Crippen LogP contribution < -0.4 is 5.32 Å². The fourth-order valence-corrected chi connectivity index (χ4v) is 4.04. The number of carbonyl (C=O) groups excluding carboxylic acids is 1. The number of nitrogens with one attached hydrogen (secondary N) is 1. The summed E-state index contributed by atoms with van der Waals surface area (Å²) in [4.78, 5) is 14.8. The number of likely N-dealkylation sites (N-methyl/N-ethyl adjacent to an activating group) is 1. The smallest absolute Gasteiger partial charge is 0.327 e. The highest BCUT2D eigenvalue weighted by Gasteiger charge is 2.53. The van der Waals surface area contributed by atoms with Crippen LogP contribution in [0.15, 0.2) is 0 Å². The van der Waals surface area contributed by atoms with Crippen LogP contribution in [0.5, 0.6) is 0 Å². The summed E-state index contributed by atoms with van der Waals surface area (Å²) in [5.74, 6) is 1.27. The summed E-state index contributed by atoms with van der Waals surface area (Å²) in [7, 11) is 3.41. The van der Waals surface area contributed by atoms with Crippen LogP contribution in [-0.4, -0.2) is 49.7 Å². The number of piperidine rings is 1. The lowest BCUT2D eigenvalue weighted by molar-refractivity contribution is -0.150. The fraction of sp³-hybridized carbons (Fsp3) is 0.929. The molecule has 3 rings (SSSR count). The van der Waals surface area contributed by atoms with Crippen LogP contribution in [0.2, 0.25) is 0 Å². The first-order valence-corrected chi connectivity index (χ1v) is 7.21. The molecule has 0 aromatic carbocycles. The molecule has 1 N–H and O–H groups in total. The van der Waals surface area contributed by atoms with Crippen molar-refractivity contribution in [3.05, 3.63) is 0 Å². The monoisotopic (exact) mass is 252 g/mol. The normalized spacial score (nSPS) is 34.6. The van der Waals surface area contributed by atoms with Crippen LogP contribution in [0.25, 0.3) is 0 Å². The maximum absolute atomic E-state index is 12.2. The molecule has 102 valence electrons. The van der Waals surface area contributed by atoms with Gasteiger partial charge in [0.1, 0.15) is 5.54 Å². The predicted molar refractivity (Wildman–Crippen MR) is 69.2 cm³/mol. The van der Waals surface area contributed by atoms with Crippen LogP contribution in [-0.2, 0) is 9.53 Å². The average Bonchev–Trinajstić information content (AvgIpc) is 3.05. The molecule has 0 spiro atoms. The Morgan fingerprint density at radius 1 is 1.39 bits per heavy atom. The van der Waals surface area contributed by atoms with Crippen LogP contribution in [0.4, 0.5) is 0 Å². The average molecular weight is 252 g/mol. The maximum Gasteiger partial charge on any atom is 0.327 e. The van der Waals surface area contributed by atoms with E-state index in [9.17, 15) is 4.79 Å². The largest absolute Gasteiger partial charge is 0.468 e. The summed E-state index contributed by atoms with van der Waals surface area (Å²) in [5, 5.41) is 3.30. The SMILES string of the molecule is CNC(CN1CC2CCC1C2)(C(=O)OC)C1CC1. The molecule has 3 atom stereocenters. The first-order valence-electron chi connectivity index (χ1n) is 7.21. The van der Waals surface area contributed by atoms with E-state index in [-0.39, 0.29) is 5.97 Å². The highest BCUT2D eigenvalue weighted by Crippen LogP contribution is 2.44. The van der Waals surface area contributed by atoms with Crippen LogP contribution in [0.3, 0.4) is 0 Å². The third kappa shape index (κ3) is 1.86. The molecular weight excluding hydrogens is 228 g/mol. The zero-order valence-corrected chi connectivity index (χ0v) is 11.4. The van der Waals surface area contributed by atoms with E-state index < -0.39 is 5.54 Å². The summed E-state index contributed by atoms with van der Waals surface area (Å²) >= 11 is 0. The molecule has 0 aromatic heterocycles. The third-order valence-corrected chi connectivity index (χ3v) is 5.25. The molecule has 1 aliphatic heterocycles. The quantitative estimate of drug-likeness (QED) is 0.742. The minimum Gasteiger partial charge on any atom is -0.468 e. The van der Waals surface area contributed by atoms with E-state index in [4.69, 9.17) is 4.74 Å². The van der Waals surface area contributed by atoms with Crippen molar-refractivity contribution in [1.82, 2.24) is 10.2 Å². The third-order valence-electron chi connectivity index (χ3n) is 5.25. The Bertz CT molecular complexity index is 343. The number of likely N-dealkylation sites (tertiary alicyclic amines) is 1. The molecule has 2 saturated carbocycles. The number of rotatable bonds is 5. The molecule has 2 aliphatic carbocycles. The molecule has 3 fully saturated rings. The number of carbonyl (C=O) groups is 1. The van der Waals surface area contributed by atoms with Gasteiger partial charge in [0.05, 0.1) is 7.11 Å². The topological polar surface area (TPSA) is 41.6 Å². The van der Waals surface area contributed by atoms with Crippen molar-refractivity contribution in [2.45, 2.75) is 43.7 Å². The number of esters is 1. The first-order chi connectivity index (χ1) is 8.69. The van der Waals surface area contributed by atoms with Gasteiger partial charge < -0.3 is 10.1 Å². The molecule has 4 nitrogen and oxygen atoms in total. The predicted octanol–water partition coefficient (Wildman–Crippen LogP) is 1.01. The van der Waals surface area contributed by atoms with Crippen molar-refractivity contribution in [2.75, 3.05) is 27.2 Å². The Labute approximate surface area is 109 Å². The van der Waals surface area contributed by atoms with E-state index in [0.717, 1.165) is 25.3 Å². The molecule has 4 heteroatoms. The van der Waals surface area contributed by atoms with Gasteiger partial charge in [-0.05, 0) is 51.0 Å². The van der Waals surface area contributed by atoms with Crippen LogP contribution in [0, 0.1) is 11.8 Å². The number of nitrogens with zero attached hydrogens (tertiary/aromatic N) is 1. The van der Waals surface area contributed by atoms with Gasteiger partial charge in [0.2, 0.25) is 0 Å². The van der Waals surface area contributed by atoms with Crippen LogP contribution >= 0.6 is 0 Å². The van der Waals surface area contributed by atoms with Gasteiger partial charge in [-0.25, -0.2) is 4.79 Å². The zero-order chi connectivity index (χ0) is 12.8. The Morgan fingerprint density at radius 3 is 2.61 bits per heavy atom. The van der Waals surface area contributed by atoms with Crippen molar-refractivity contribution >= 4 is 5.97 Å². The Hall–Kier alpha value is -0.610. The van der Waals surface area contributed by atoms with Gasteiger partial charge >= 0.3 is 5.97 Å². The highest BCUT2D eigenvalue weighted by molar-refractivity contribution is 5.82. The second-order valence-corrected chi connectivity index (χ2v) is 6.25. The van der Waals surface area contributed by atoms with Crippen molar-refractivity contribution in [2.24, 2.45) is 11.8 Å². The number of methoxy groups -OCH3 is 1. The summed E-state index contributed by atoms with van der Waals surface area (Å²) in [6.07, 6.45) is 6.34. The van der Waals surface area contributed by atoms with Crippen molar-refractivity contribution in [3.8, 4) is 0 Å². The number of hydrogen-bond acceptors (Lipinski definition) is 4. The lowest BCUT2D eigenvalue weighted by Crippen LogP contribution is -2.61. The van der Waals surface area contributed by atoms with Gasteiger partial charge in [-0.15, -0.1) is 0 Å². The summed E-state index contributed by atoms with van der Waals surface area (Å²) in [6, 6.07) is 0.714. The van der Waals surface area contributed by atoms with E-state index in [2.05, 4.69) is 10.2 Å². The standard InChI is InChI=1S/C14H24N2O2/c1-15-14(11-4-5-11,13(17)18-2)9-16-8-10-3-6-12(16)7-10/h10-12,15H,3-9H2,1-2H3. The second kappa shape index (κ2) is 4.49. The molecule has 18 heavy (non-hydrogen) atoms. The summed E-state index contributed by atoms with van der Waals surface area (Å²) in [5.41, 5.74) is -0.459. The van der Waals surface area contributed by atoms with E-state index >= 15 is 0 Å². The Morgan fingerprint density at radius 2 is 2.17 bits per heavy atom. The lowest BCUT2D eigenvalue weighted by atomic mass is 9.91. The molecule has 0 aromatic rings. The molecular formula is C14H24N2O2. The highest BCUT2D eigenvalue weighted by atomic mass is 16.5. The maximum atomic E-state index is 12.2. The van der Waals surface area contributed by atoms with Gasteiger partial charge in [-0.1, -0.05) is 0 Å². The fourth-order valence-electron chi connectivity index (χ4n) is 4.04. The minimum absolute atomic E-state index is 0.0738.